The van der Waals surface area contributed by atoms with E-state index in [2.05, 4.69) is 69.4 Å². The van der Waals surface area contributed by atoms with Crippen LogP contribution in [0.5, 0.6) is 0 Å². The molecule has 5 heteroatoms. The zero-order valence-corrected chi connectivity index (χ0v) is 24.5. The Labute approximate surface area is 245 Å². The predicted octanol–water partition coefficient (Wildman–Crippen LogP) is 6.20. The van der Waals surface area contributed by atoms with Crippen LogP contribution in [0.25, 0.3) is 10.9 Å². The molecule has 6 heterocycles. The number of aliphatic imine (C=N–C) groups is 1. The maximum atomic E-state index is 13.1. The van der Waals surface area contributed by atoms with E-state index >= 15 is 0 Å². The SMILES string of the molecule is O[C@]12C=C(C3=NCCc4c3[nH]c3ccccc43)[C@@H]3CCN(CCCC/C=C/CC1)C[C@@]31C[C@@H]3/C=C\CCCCN3[C@H]12. The second-order valence-corrected chi connectivity index (χ2v) is 13.8. The zero-order chi connectivity index (χ0) is 27.4. The number of rotatable bonds is 1. The number of aliphatic hydroxyl groups is 1. The normalized spacial score (nSPS) is 39.0. The maximum absolute atomic E-state index is 13.1. The van der Waals surface area contributed by atoms with Gasteiger partial charge >= 0.3 is 0 Å². The number of fused-ring (bicyclic) bond motifs is 5. The Morgan fingerprint density at radius 2 is 1.80 bits per heavy atom. The number of piperidine rings is 1. The molecular formula is C36H46N4O. The molecule has 1 spiro atoms. The van der Waals surface area contributed by atoms with Crippen molar-refractivity contribution >= 4 is 16.6 Å². The van der Waals surface area contributed by atoms with Crippen LogP contribution in [0.4, 0.5) is 0 Å². The molecule has 1 unspecified atom stereocenters. The van der Waals surface area contributed by atoms with E-state index in [1.54, 1.807) is 0 Å². The number of para-hydroxylation sites is 1. The van der Waals surface area contributed by atoms with Gasteiger partial charge in [0.05, 0.1) is 23.0 Å². The Morgan fingerprint density at radius 3 is 2.76 bits per heavy atom. The zero-order valence-electron chi connectivity index (χ0n) is 24.5. The van der Waals surface area contributed by atoms with Gasteiger partial charge in [0.25, 0.3) is 0 Å². The van der Waals surface area contributed by atoms with E-state index in [1.165, 1.54) is 66.4 Å². The van der Waals surface area contributed by atoms with Crippen molar-refractivity contribution in [2.75, 3.05) is 32.7 Å². The summed E-state index contributed by atoms with van der Waals surface area (Å²) >= 11 is 0. The lowest BCUT2D eigenvalue weighted by molar-refractivity contribution is -0.0948. The lowest BCUT2D eigenvalue weighted by atomic mass is 9.54. The summed E-state index contributed by atoms with van der Waals surface area (Å²) in [5.74, 6) is 0.419. The summed E-state index contributed by atoms with van der Waals surface area (Å²) in [4.78, 5) is 14.6. The molecule has 0 radical (unpaired) electrons. The Kier molecular flexibility index (Phi) is 6.61. The number of nitrogens with one attached hydrogen (secondary N) is 1. The number of aromatic amines is 1. The number of benzene rings is 1. The lowest BCUT2D eigenvalue weighted by Gasteiger charge is -2.58. The first-order valence-corrected chi connectivity index (χ1v) is 16.6. The van der Waals surface area contributed by atoms with E-state index < -0.39 is 5.60 Å². The van der Waals surface area contributed by atoms with Crippen LogP contribution in [0.1, 0.15) is 75.5 Å². The van der Waals surface area contributed by atoms with E-state index in [9.17, 15) is 5.11 Å². The molecule has 8 rings (SSSR count). The molecule has 2 saturated heterocycles. The smallest absolute Gasteiger partial charge is 0.0998 e. The van der Waals surface area contributed by atoms with E-state index in [1.807, 2.05) is 0 Å². The fourth-order valence-electron chi connectivity index (χ4n) is 9.85. The Morgan fingerprint density at radius 1 is 0.951 bits per heavy atom. The first-order chi connectivity index (χ1) is 20.2. The molecule has 2 aromatic rings. The van der Waals surface area contributed by atoms with Gasteiger partial charge in [-0.25, -0.2) is 0 Å². The van der Waals surface area contributed by atoms with Crippen molar-refractivity contribution in [1.29, 1.82) is 0 Å². The summed E-state index contributed by atoms with van der Waals surface area (Å²) in [6.07, 6.45) is 24.4. The van der Waals surface area contributed by atoms with Gasteiger partial charge in [0.1, 0.15) is 0 Å². The van der Waals surface area contributed by atoms with Gasteiger partial charge < -0.3 is 15.0 Å². The Bertz CT molecular complexity index is 1430. The van der Waals surface area contributed by atoms with Crippen LogP contribution in [0.3, 0.4) is 0 Å². The van der Waals surface area contributed by atoms with Gasteiger partial charge in [0.2, 0.25) is 0 Å². The summed E-state index contributed by atoms with van der Waals surface area (Å²) in [7, 11) is 0. The molecule has 0 saturated carbocycles. The molecule has 3 bridgehead atoms. The van der Waals surface area contributed by atoms with Crippen molar-refractivity contribution in [2.45, 2.75) is 88.3 Å². The Balaban J connectivity index is 1.31. The number of hydrogen-bond acceptors (Lipinski definition) is 4. The topological polar surface area (TPSA) is 54.9 Å². The number of nitrogens with zero attached hydrogens (tertiary/aromatic N) is 3. The lowest BCUT2D eigenvalue weighted by Crippen LogP contribution is -2.66. The summed E-state index contributed by atoms with van der Waals surface area (Å²) in [5, 5.41) is 14.4. The van der Waals surface area contributed by atoms with E-state index in [0.29, 0.717) is 12.0 Å². The standard InChI is InChI=1S/C36H46N4O/c41-36-18-10-4-1-2-5-11-20-39-22-17-30(35(25-39)23-26-13-7-3-6-12-21-40(26)34(35)36)29(24-36)32-33-28(16-19-37-32)27-14-8-9-15-31(27)38-33/h1,4,7-9,13-15,24,26,30,34,38,41H,2-3,5-6,10-12,16-23,25H2/b4-1+,13-7-/t26-,30-,34+,35-,36-/m0/s1. The fourth-order valence-corrected chi connectivity index (χ4v) is 9.85. The molecule has 2 N–H and O–H groups in total. The van der Waals surface area contributed by atoms with Gasteiger partial charge in [-0.2, -0.15) is 0 Å². The molecule has 0 amide bonds. The van der Waals surface area contributed by atoms with Crippen molar-refractivity contribution < 1.29 is 5.11 Å². The number of hydrogen-bond donors (Lipinski definition) is 2. The van der Waals surface area contributed by atoms with Gasteiger partial charge in [0, 0.05) is 35.4 Å². The Hall–Kier alpha value is -2.47. The van der Waals surface area contributed by atoms with Crippen LogP contribution in [0.2, 0.25) is 0 Å². The molecular weight excluding hydrogens is 504 g/mol. The van der Waals surface area contributed by atoms with E-state index in [-0.39, 0.29) is 11.5 Å². The minimum absolute atomic E-state index is 0.0281. The molecule has 1 aromatic carbocycles. The van der Waals surface area contributed by atoms with Crippen molar-refractivity contribution in [1.82, 2.24) is 14.8 Å². The molecule has 6 aliphatic rings. The summed E-state index contributed by atoms with van der Waals surface area (Å²) < 4.78 is 0. The predicted molar refractivity (Wildman–Crippen MR) is 168 cm³/mol. The van der Waals surface area contributed by atoms with Crippen LogP contribution in [-0.4, -0.2) is 76.0 Å². The average molecular weight is 551 g/mol. The quantitative estimate of drug-likeness (QED) is 0.416. The van der Waals surface area contributed by atoms with Gasteiger partial charge in [-0.1, -0.05) is 42.5 Å². The van der Waals surface area contributed by atoms with Gasteiger partial charge in [-0.15, -0.1) is 0 Å². The highest BCUT2D eigenvalue weighted by molar-refractivity contribution is 6.16. The first-order valence-electron chi connectivity index (χ1n) is 16.6. The molecule has 41 heavy (non-hydrogen) atoms. The molecule has 2 fully saturated rings. The highest BCUT2D eigenvalue weighted by Crippen LogP contribution is 2.60. The van der Waals surface area contributed by atoms with Crippen molar-refractivity contribution in [3.8, 4) is 0 Å². The van der Waals surface area contributed by atoms with Gasteiger partial charge in [-0.3, -0.25) is 9.89 Å². The maximum Gasteiger partial charge on any atom is 0.0998 e. The average Bonchev–Trinajstić information content (AvgIpc) is 3.49. The minimum atomic E-state index is -0.874. The van der Waals surface area contributed by atoms with Gasteiger partial charge in [-0.05, 0) is 119 Å². The molecule has 6 atom stereocenters. The molecule has 1 aliphatic carbocycles. The highest BCUT2D eigenvalue weighted by atomic mass is 16.3. The van der Waals surface area contributed by atoms with Crippen LogP contribution in [0, 0.1) is 11.3 Å². The van der Waals surface area contributed by atoms with Crippen LogP contribution in [-0.2, 0) is 6.42 Å². The molecule has 216 valence electrons. The minimum Gasteiger partial charge on any atom is -0.384 e. The molecule has 5 nitrogen and oxygen atoms in total. The summed E-state index contributed by atoms with van der Waals surface area (Å²) in [6, 6.07) is 9.32. The number of allylic oxidation sites excluding steroid dienone is 4. The van der Waals surface area contributed by atoms with Crippen molar-refractivity contribution in [3.05, 3.63) is 71.5 Å². The molecule has 5 aliphatic heterocycles. The third-order valence-electron chi connectivity index (χ3n) is 11.4. The second-order valence-electron chi connectivity index (χ2n) is 13.8. The third-order valence-corrected chi connectivity index (χ3v) is 11.4. The van der Waals surface area contributed by atoms with Gasteiger partial charge in [0.15, 0.2) is 0 Å². The fraction of sp³-hybridized carbons (Fsp3) is 0.583. The van der Waals surface area contributed by atoms with E-state index in [0.717, 1.165) is 70.4 Å². The second kappa shape index (κ2) is 10.4. The largest absolute Gasteiger partial charge is 0.384 e. The summed E-state index contributed by atoms with van der Waals surface area (Å²) in [5.41, 5.74) is 5.48. The monoisotopic (exact) mass is 550 g/mol. The summed E-state index contributed by atoms with van der Waals surface area (Å²) in [6.45, 7) is 5.36. The third kappa shape index (κ3) is 4.25. The molecule has 1 aromatic heterocycles. The first kappa shape index (κ1) is 26.2. The van der Waals surface area contributed by atoms with Crippen LogP contribution in [0.15, 0.2) is 65.2 Å². The van der Waals surface area contributed by atoms with E-state index in [4.69, 9.17) is 4.99 Å². The van der Waals surface area contributed by atoms with Crippen molar-refractivity contribution in [2.24, 2.45) is 16.3 Å². The van der Waals surface area contributed by atoms with Crippen LogP contribution >= 0.6 is 0 Å². The number of aromatic nitrogens is 1. The van der Waals surface area contributed by atoms with Crippen molar-refractivity contribution in [3.63, 3.8) is 0 Å². The number of H-pyrrole nitrogens is 1. The highest BCUT2D eigenvalue weighted by Gasteiger charge is 2.65. The van der Waals surface area contributed by atoms with Crippen LogP contribution < -0.4 is 0 Å².